The van der Waals surface area contributed by atoms with Gasteiger partial charge in [-0.3, -0.25) is 4.79 Å². The molecule has 0 saturated heterocycles. The summed E-state index contributed by atoms with van der Waals surface area (Å²) in [6, 6.07) is 14.2. The van der Waals surface area contributed by atoms with Gasteiger partial charge < -0.3 is 25.6 Å². The van der Waals surface area contributed by atoms with Gasteiger partial charge in [0.05, 0.1) is 14.2 Å². The zero-order chi connectivity index (χ0) is 18.2. The van der Waals surface area contributed by atoms with Crippen LogP contribution in [0.5, 0.6) is 11.5 Å². The van der Waals surface area contributed by atoms with Crippen LogP contribution >= 0.6 is 0 Å². The second kappa shape index (κ2) is 9.05. The summed E-state index contributed by atoms with van der Waals surface area (Å²) < 4.78 is 10.4. The van der Waals surface area contributed by atoms with Crippen LogP contribution in [0.3, 0.4) is 0 Å². The largest absolute Gasteiger partial charge is 0.493 e. The summed E-state index contributed by atoms with van der Waals surface area (Å²) >= 11 is 0. The van der Waals surface area contributed by atoms with Gasteiger partial charge in [0, 0.05) is 12.6 Å². The summed E-state index contributed by atoms with van der Waals surface area (Å²) in [5.41, 5.74) is 7.76. The minimum atomic E-state index is -1.28. The molecule has 0 saturated carbocycles. The summed E-state index contributed by atoms with van der Waals surface area (Å²) in [5, 5.41) is 12.8. The molecule has 0 aliphatic rings. The number of aliphatic hydroxyl groups excluding tert-OH is 1. The molecule has 0 spiro atoms. The van der Waals surface area contributed by atoms with E-state index in [9.17, 15) is 9.90 Å². The molecule has 0 aromatic heterocycles. The molecule has 0 heterocycles. The number of ether oxygens (including phenoxy) is 2. The fourth-order valence-electron chi connectivity index (χ4n) is 2.48. The number of hydrogen-bond acceptors (Lipinski definition) is 5. The molecule has 2 aromatic rings. The lowest BCUT2D eigenvalue weighted by Gasteiger charge is -2.18. The van der Waals surface area contributed by atoms with Gasteiger partial charge in [-0.15, -0.1) is 0 Å². The lowest BCUT2D eigenvalue weighted by atomic mass is 10.0. The molecule has 25 heavy (non-hydrogen) atoms. The molecule has 0 fully saturated rings. The molecule has 6 heteroatoms. The van der Waals surface area contributed by atoms with E-state index in [0.717, 1.165) is 11.1 Å². The molecule has 1 amide bonds. The van der Waals surface area contributed by atoms with Crippen molar-refractivity contribution in [2.75, 3.05) is 14.2 Å². The number of carbonyl (C=O) groups excluding carboxylic acids is 1. The van der Waals surface area contributed by atoms with Gasteiger partial charge in [-0.2, -0.15) is 0 Å². The number of amides is 1. The molecule has 2 aromatic carbocycles. The quantitative estimate of drug-likeness (QED) is 0.670. The zero-order valence-corrected chi connectivity index (χ0v) is 14.4. The van der Waals surface area contributed by atoms with Crippen LogP contribution in [0.1, 0.15) is 11.1 Å². The van der Waals surface area contributed by atoms with Gasteiger partial charge >= 0.3 is 0 Å². The smallest absolute Gasteiger partial charge is 0.250 e. The number of nitrogens with one attached hydrogen (secondary N) is 1. The minimum Gasteiger partial charge on any atom is -0.493 e. The van der Waals surface area contributed by atoms with Gasteiger partial charge in [0.2, 0.25) is 0 Å². The standard InChI is InChI=1S/C19H24N2O4/c1-24-16-9-8-14(11-17(16)25-2)12-21-19(23)18(22)15(20)10-13-6-4-3-5-7-13/h3-9,11,15,18,22H,10,12,20H2,1-2H3,(H,21,23)/t15-,18+/m0/s1. The van der Waals surface area contributed by atoms with E-state index in [1.54, 1.807) is 26.4 Å². The van der Waals surface area contributed by atoms with E-state index in [1.165, 1.54) is 0 Å². The van der Waals surface area contributed by atoms with Crippen LogP contribution in [0, 0.1) is 0 Å². The SMILES string of the molecule is COc1ccc(CNC(=O)[C@H](O)[C@@H](N)Cc2ccccc2)cc1OC. The summed E-state index contributed by atoms with van der Waals surface area (Å²) in [6.45, 7) is 0.258. The first-order chi connectivity index (χ1) is 12.0. The molecule has 134 valence electrons. The van der Waals surface area contributed by atoms with Gasteiger partial charge in [0.25, 0.3) is 5.91 Å². The number of nitrogens with two attached hydrogens (primary N) is 1. The van der Waals surface area contributed by atoms with Crippen molar-refractivity contribution < 1.29 is 19.4 Å². The van der Waals surface area contributed by atoms with Crippen LogP contribution in [0.4, 0.5) is 0 Å². The molecular weight excluding hydrogens is 320 g/mol. The van der Waals surface area contributed by atoms with Gasteiger partial charge in [-0.05, 0) is 29.7 Å². The number of hydrogen-bond donors (Lipinski definition) is 3. The van der Waals surface area contributed by atoms with E-state index in [-0.39, 0.29) is 6.54 Å². The second-order valence-corrected chi connectivity index (χ2v) is 5.71. The number of methoxy groups -OCH3 is 2. The predicted molar refractivity (Wildman–Crippen MR) is 95.5 cm³/mol. The van der Waals surface area contributed by atoms with Crippen molar-refractivity contribution in [2.45, 2.75) is 25.1 Å². The second-order valence-electron chi connectivity index (χ2n) is 5.71. The molecule has 6 nitrogen and oxygen atoms in total. The topological polar surface area (TPSA) is 93.8 Å². The summed E-state index contributed by atoms with van der Waals surface area (Å²) in [5.74, 6) is 0.691. The van der Waals surface area contributed by atoms with E-state index in [2.05, 4.69) is 5.32 Å². The Bertz CT molecular complexity index is 691. The van der Waals surface area contributed by atoms with E-state index < -0.39 is 18.1 Å². The molecule has 0 aliphatic carbocycles. The molecule has 0 bridgehead atoms. The molecule has 4 N–H and O–H groups in total. The monoisotopic (exact) mass is 344 g/mol. The fourth-order valence-corrected chi connectivity index (χ4v) is 2.48. The Labute approximate surface area is 147 Å². The Kier molecular flexibility index (Phi) is 6.80. The van der Waals surface area contributed by atoms with Gasteiger partial charge in [-0.1, -0.05) is 36.4 Å². The zero-order valence-electron chi connectivity index (χ0n) is 14.4. The first-order valence-corrected chi connectivity index (χ1v) is 8.01. The van der Waals surface area contributed by atoms with Crippen molar-refractivity contribution in [3.8, 4) is 11.5 Å². The Morgan fingerprint density at radius 3 is 2.40 bits per heavy atom. The minimum absolute atomic E-state index is 0.258. The maximum atomic E-state index is 12.1. The van der Waals surface area contributed by atoms with Crippen LogP contribution in [0.2, 0.25) is 0 Å². The number of carbonyl (C=O) groups is 1. The van der Waals surface area contributed by atoms with Crippen LogP contribution in [0.25, 0.3) is 0 Å². The predicted octanol–water partition coefficient (Wildman–Crippen LogP) is 1.25. The van der Waals surface area contributed by atoms with Crippen molar-refractivity contribution in [1.82, 2.24) is 5.32 Å². The van der Waals surface area contributed by atoms with E-state index in [0.29, 0.717) is 17.9 Å². The van der Waals surface area contributed by atoms with Crippen molar-refractivity contribution in [3.63, 3.8) is 0 Å². The molecular formula is C19H24N2O4. The fraction of sp³-hybridized carbons (Fsp3) is 0.316. The van der Waals surface area contributed by atoms with Gasteiger partial charge in [-0.25, -0.2) is 0 Å². The third-order valence-corrected chi connectivity index (χ3v) is 3.90. The van der Waals surface area contributed by atoms with Crippen molar-refractivity contribution in [1.29, 1.82) is 0 Å². The van der Waals surface area contributed by atoms with Crippen LogP contribution in [0.15, 0.2) is 48.5 Å². The normalized spacial score (nSPS) is 13.0. The van der Waals surface area contributed by atoms with Crippen LogP contribution in [-0.2, 0) is 17.8 Å². The number of aliphatic hydroxyl groups is 1. The maximum absolute atomic E-state index is 12.1. The van der Waals surface area contributed by atoms with Crippen molar-refractivity contribution in [3.05, 3.63) is 59.7 Å². The summed E-state index contributed by atoms with van der Waals surface area (Å²) in [7, 11) is 3.11. The highest BCUT2D eigenvalue weighted by Crippen LogP contribution is 2.27. The number of benzene rings is 2. The lowest BCUT2D eigenvalue weighted by molar-refractivity contribution is -0.130. The molecule has 2 rings (SSSR count). The van der Waals surface area contributed by atoms with Crippen LogP contribution in [-0.4, -0.2) is 37.4 Å². The molecule has 2 atom stereocenters. The van der Waals surface area contributed by atoms with E-state index in [4.69, 9.17) is 15.2 Å². The average Bonchev–Trinajstić information content (AvgIpc) is 2.65. The Morgan fingerprint density at radius 1 is 1.08 bits per heavy atom. The summed E-state index contributed by atoms with van der Waals surface area (Å²) in [4.78, 5) is 12.1. The highest BCUT2D eigenvalue weighted by atomic mass is 16.5. The van der Waals surface area contributed by atoms with Crippen molar-refractivity contribution >= 4 is 5.91 Å². The first kappa shape index (κ1) is 18.8. The molecule has 0 aliphatic heterocycles. The highest BCUT2D eigenvalue weighted by molar-refractivity contribution is 5.81. The third kappa shape index (κ3) is 5.20. The molecule has 0 radical (unpaired) electrons. The van der Waals surface area contributed by atoms with Gasteiger partial charge in [0.1, 0.15) is 6.10 Å². The van der Waals surface area contributed by atoms with E-state index >= 15 is 0 Å². The van der Waals surface area contributed by atoms with E-state index in [1.807, 2.05) is 36.4 Å². The summed E-state index contributed by atoms with van der Waals surface area (Å²) in [6.07, 6.45) is -0.855. The molecule has 0 unspecified atom stereocenters. The van der Waals surface area contributed by atoms with Crippen molar-refractivity contribution in [2.24, 2.45) is 5.73 Å². The Hall–Kier alpha value is -2.57. The van der Waals surface area contributed by atoms with Crippen LogP contribution < -0.4 is 20.5 Å². The lowest BCUT2D eigenvalue weighted by Crippen LogP contribution is -2.47. The average molecular weight is 344 g/mol. The maximum Gasteiger partial charge on any atom is 0.250 e. The Balaban J connectivity index is 1.90. The first-order valence-electron chi connectivity index (χ1n) is 8.01. The van der Waals surface area contributed by atoms with Gasteiger partial charge in [0.15, 0.2) is 11.5 Å². The Morgan fingerprint density at radius 2 is 1.76 bits per heavy atom. The third-order valence-electron chi connectivity index (χ3n) is 3.90. The number of rotatable bonds is 8. The highest BCUT2D eigenvalue weighted by Gasteiger charge is 2.23.